The van der Waals surface area contributed by atoms with Crippen LogP contribution in [0.15, 0.2) is 47.4 Å². The molecule has 0 unspecified atom stereocenters. The van der Waals surface area contributed by atoms with Crippen molar-refractivity contribution < 1.29 is 14.0 Å². The summed E-state index contributed by atoms with van der Waals surface area (Å²) in [6.07, 6.45) is 6.17. The summed E-state index contributed by atoms with van der Waals surface area (Å²) in [5.41, 5.74) is 2.76. The Morgan fingerprint density at radius 3 is 2.73 bits per heavy atom. The molecule has 0 spiro atoms. The van der Waals surface area contributed by atoms with Crippen molar-refractivity contribution in [2.24, 2.45) is 0 Å². The van der Waals surface area contributed by atoms with Crippen molar-refractivity contribution in [3.8, 4) is 0 Å². The van der Waals surface area contributed by atoms with Gasteiger partial charge in [0.15, 0.2) is 0 Å². The summed E-state index contributed by atoms with van der Waals surface area (Å²) >= 11 is 0. The van der Waals surface area contributed by atoms with Crippen molar-refractivity contribution in [2.45, 2.75) is 25.8 Å². The fourth-order valence-electron chi connectivity index (χ4n) is 3.31. The summed E-state index contributed by atoms with van der Waals surface area (Å²) in [4.78, 5) is 31.0. The fraction of sp³-hybridized carbons (Fsp3) is 0.316. The van der Waals surface area contributed by atoms with Crippen LogP contribution in [0.4, 0.5) is 0 Å². The van der Waals surface area contributed by atoms with Crippen LogP contribution < -0.4 is 5.32 Å². The molecule has 2 amide bonds. The van der Waals surface area contributed by atoms with Crippen LogP contribution in [-0.2, 0) is 0 Å². The van der Waals surface area contributed by atoms with E-state index in [1.54, 1.807) is 17.2 Å². The summed E-state index contributed by atoms with van der Waals surface area (Å²) < 4.78 is 6.87. The number of amides is 2. The molecule has 1 fully saturated rings. The van der Waals surface area contributed by atoms with Gasteiger partial charge in [-0.3, -0.25) is 9.59 Å². The number of aromatic nitrogens is 2. The topological polar surface area (TPSA) is 79.8 Å². The van der Waals surface area contributed by atoms with Gasteiger partial charge in [0, 0.05) is 31.0 Å². The third-order valence-electron chi connectivity index (χ3n) is 4.81. The monoisotopic (exact) mass is 352 g/mol. The summed E-state index contributed by atoms with van der Waals surface area (Å²) in [6.45, 7) is 3.20. The molecule has 0 radical (unpaired) electrons. The lowest BCUT2D eigenvalue weighted by molar-refractivity contribution is 0.0697. The first-order valence-electron chi connectivity index (χ1n) is 8.69. The highest BCUT2D eigenvalue weighted by atomic mass is 16.3. The van der Waals surface area contributed by atoms with Crippen molar-refractivity contribution in [2.75, 3.05) is 13.1 Å². The molecule has 0 aromatic carbocycles. The molecule has 7 nitrogen and oxygen atoms in total. The van der Waals surface area contributed by atoms with Gasteiger partial charge in [-0.2, -0.15) is 0 Å². The molecule has 1 aliphatic rings. The van der Waals surface area contributed by atoms with Crippen LogP contribution in [0.3, 0.4) is 0 Å². The van der Waals surface area contributed by atoms with Gasteiger partial charge in [0.05, 0.1) is 11.8 Å². The summed E-state index contributed by atoms with van der Waals surface area (Å²) in [5, 5.41) is 3.04. The zero-order valence-electron chi connectivity index (χ0n) is 14.5. The van der Waals surface area contributed by atoms with Crippen molar-refractivity contribution in [3.63, 3.8) is 0 Å². The summed E-state index contributed by atoms with van der Waals surface area (Å²) in [5.74, 6) is -0.202. The highest BCUT2D eigenvalue weighted by molar-refractivity contribution is 5.94. The minimum atomic E-state index is -0.173. The first kappa shape index (κ1) is 16.4. The summed E-state index contributed by atoms with van der Waals surface area (Å²) in [7, 11) is 0. The van der Waals surface area contributed by atoms with Crippen LogP contribution in [0.2, 0.25) is 0 Å². The second-order valence-electron chi connectivity index (χ2n) is 6.57. The quantitative estimate of drug-likeness (QED) is 0.784. The normalized spacial score (nSPS) is 15.3. The Balaban J connectivity index is 1.37. The van der Waals surface area contributed by atoms with E-state index in [0.717, 1.165) is 24.2 Å². The average molecular weight is 352 g/mol. The van der Waals surface area contributed by atoms with Gasteiger partial charge >= 0.3 is 0 Å². The lowest BCUT2D eigenvalue weighted by atomic mass is 10.0. The van der Waals surface area contributed by atoms with Crippen LogP contribution in [0.5, 0.6) is 0 Å². The molecule has 7 heteroatoms. The van der Waals surface area contributed by atoms with Gasteiger partial charge in [-0.15, -0.1) is 0 Å². The Morgan fingerprint density at radius 1 is 1.23 bits per heavy atom. The van der Waals surface area contributed by atoms with E-state index in [2.05, 4.69) is 10.3 Å². The highest BCUT2D eigenvalue weighted by Gasteiger charge is 2.25. The number of carbonyl (C=O) groups is 2. The molecule has 0 bridgehead atoms. The number of aryl methyl sites for hydroxylation is 1. The molecule has 1 N–H and O–H groups in total. The maximum Gasteiger partial charge on any atom is 0.271 e. The summed E-state index contributed by atoms with van der Waals surface area (Å²) in [6, 6.07) is 7.49. The second kappa shape index (κ2) is 6.67. The van der Waals surface area contributed by atoms with Gasteiger partial charge in [0.25, 0.3) is 11.8 Å². The van der Waals surface area contributed by atoms with E-state index in [1.165, 1.54) is 12.5 Å². The zero-order chi connectivity index (χ0) is 18.1. The first-order chi connectivity index (χ1) is 12.6. The number of likely N-dealkylation sites (tertiary alicyclic amines) is 1. The fourth-order valence-corrected chi connectivity index (χ4v) is 3.31. The van der Waals surface area contributed by atoms with E-state index in [1.807, 2.05) is 29.5 Å². The number of carbonyl (C=O) groups excluding carboxylic acids is 2. The van der Waals surface area contributed by atoms with Crippen LogP contribution in [-0.4, -0.2) is 45.2 Å². The van der Waals surface area contributed by atoms with Gasteiger partial charge in [-0.1, -0.05) is 6.07 Å². The minimum absolute atomic E-state index is 0.0284. The van der Waals surface area contributed by atoms with Crippen molar-refractivity contribution in [1.29, 1.82) is 0 Å². The first-order valence-corrected chi connectivity index (χ1v) is 8.69. The number of fused-ring (bicyclic) bond motifs is 1. The van der Waals surface area contributed by atoms with Crippen LogP contribution in [0.25, 0.3) is 5.65 Å². The van der Waals surface area contributed by atoms with Crippen LogP contribution in [0, 0.1) is 6.92 Å². The third kappa shape index (κ3) is 3.08. The number of furan rings is 1. The molecular weight excluding hydrogens is 332 g/mol. The third-order valence-corrected chi connectivity index (χ3v) is 4.81. The zero-order valence-corrected chi connectivity index (χ0v) is 14.5. The van der Waals surface area contributed by atoms with E-state index in [0.29, 0.717) is 24.3 Å². The Hall–Kier alpha value is -3.09. The Labute approximate surface area is 150 Å². The van der Waals surface area contributed by atoms with Crippen molar-refractivity contribution in [3.05, 3.63) is 59.9 Å². The number of pyridine rings is 1. The maximum atomic E-state index is 12.5. The number of rotatable bonds is 3. The van der Waals surface area contributed by atoms with Gasteiger partial charge < -0.3 is 19.0 Å². The lowest BCUT2D eigenvalue weighted by Crippen LogP contribution is -2.46. The van der Waals surface area contributed by atoms with Gasteiger partial charge in [-0.25, -0.2) is 4.98 Å². The van der Waals surface area contributed by atoms with E-state index in [4.69, 9.17) is 4.42 Å². The number of nitrogens with zero attached hydrogens (tertiary/aromatic N) is 3. The van der Waals surface area contributed by atoms with Gasteiger partial charge in [0.2, 0.25) is 0 Å². The Morgan fingerprint density at radius 2 is 2.04 bits per heavy atom. The highest BCUT2D eigenvalue weighted by Crippen LogP contribution is 2.15. The van der Waals surface area contributed by atoms with E-state index >= 15 is 0 Å². The SMILES string of the molecule is Cc1cccc2nc(C(=O)NC3CCN(C(=O)c4ccoc4)CC3)cn12. The minimum Gasteiger partial charge on any atom is -0.472 e. The number of hydrogen-bond donors (Lipinski definition) is 1. The molecule has 3 aromatic rings. The standard InChI is InChI=1S/C19H20N4O3/c1-13-3-2-4-17-21-16(11-23(13)17)18(24)20-15-5-8-22(9-6-15)19(25)14-7-10-26-12-14/h2-4,7,10-12,15H,5-6,8-9H2,1H3,(H,20,24). The van der Waals surface area contributed by atoms with E-state index in [-0.39, 0.29) is 17.9 Å². The lowest BCUT2D eigenvalue weighted by Gasteiger charge is -2.32. The number of piperidine rings is 1. The molecule has 4 heterocycles. The Bertz CT molecular complexity index is 937. The van der Waals surface area contributed by atoms with E-state index < -0.39 is 0 Å². The largest absolute Gasteiger partial charge is 0.472 e. The van der Waals surface area contributed by atoms with Crippen molar-refractivity contribution in [1.82, 2.24) is 19.6 Å². The van der Waals surface area contributed by atoms with Crippen molar-refractivity contribution >= 4 is 17.5 Å². The molecule has 0 saturated carbocycles. The van der Waals surface area contributed by atoms with Crippen LogP contribution >= 0.6 is 0 Å². The molecule has 0 aliphatic carbocycles. The molecule has 134 valence electrons. The average Bonchev–Trinajstić information content (AvgIpc) is 3.32. The van der Waals surface area contributed by atoms with Crippen LogP contribution in [0.1, 0.15) is 39.4 Å². The molecule has 0 atom stereocenters. The number of nitrogens with one attached hydrogen (secondary N) is 1. The molecule has 3 aromatic heterocycles. The number of imidazole rings is 1. The van der Waals surface area contributed by atoms with Gasteiger partial charge in [-0.05, 0) is 38.0 Å². The molecule has 1 saturated heterocycles. The van der Waals surface area contributed by atoms with Gasteiger partial charge in [0.1, 0.15) is 17.6 Å². The second-order valence-corrected chi connectivity index (χ2v) is 6.57. The molecular formula is C19H20N4O3. The number of hydrogen-bond acceptors (Lipinski definition) is 4. The Kier molecular flexibility index (Phi) is 4.20. The smallest absolute Gasteiger partial charge is 0.271 e. The predicted molar refractivity (Wildman–Crippen MR) is 95.0 cm³/mol. The molecule has 4 rings (SSSR count). The predicted octanol–water partition coefficient (Wildman–Crippen LogP) is 2.27. The van der Waals surface area contributed by atoms with E-state index in [9.17, 15) is 9.59 Å². The maximum absolute atomic E-state index is 12.5. The molecule has 26 heavy (non-hydrogen) atoms. The molecule has 1 aliphatic heterocycles.